The molecule has 0 unspecified atom stereocenters. The number of nitrogens with zero attached hydrogens (tertiary/aromatic N) is 1. The normalized spacial score (nSPS) is 10.3. The lowest BCUT2D eigenvalue weighted by Gasteiger charge is -1.98. The summed E-state index contributed by atoms with van der Waals surface area (Å²) in [5.41, 5.74) is 6.84. The maximum atomic E-state index is 11.8. The number of benzene rings is 1. The molecule has 0 aliphatic carbocycles. The van der Waals surface area contributed by atoms with E-state index in [0.29, 0.717) is 21.4 Å². The van der Waals surface area contributed by atoms with E-state index in [4.69, 9.17) is 17.3 Å². The molecule has 0 aliphatic rings. The van der Waals surface area contributed by atoms with Crippen molar-refractivity contribution < 1.29 is 4.79 Å². The van der Waals surface area contributed by atoms with Crippen LogP contribution in [0.2, 0.25) is 5.02 Å². The lowest BCUT2D eigenvalue weighted by molar-refractivity contribution is 0.0992. The molecule has 2 aromatic rings. The molecule has 0 radical (unpaired) electrons. The van der Waals surface area contributed by atoms with Crippen molar-refractivity contribution in [3.8, 4) is 0 Å². The fraction of sp³-hybridized carbons (Fsp3) is 0.0909. The molecule has 0 bridgehead atoms. The highest BCUT2D eigenvalue weighted by Crippen LogP contribution is 2.15. The van der Waals surface area contributed by atoms with Gasteiger partial charge in [-0.1, -0.05) is 11.6 Å². The zero-order valence-corrected chi connectivity index (χ0v) is 9.89. The van der Waals surface area contributed by atoms with Crippen LogP contribution in [-0.4, -0.2) is 10.8 Å². The summed E-state index contributed by atoms with van der Waals surface area (Å²) in [5.74, 6) is 0.0157. The Bertz CT molecular complexity index is 507. The van der Waals surface area contributed by atoms with Crippen LogP contribution in [0.5, 0.6) is 0 Å². The predicted molar refractivity (Wildman–Crippen MR) is 66.0 cm³/mol. The van der Waals surface area contributed by atoms with Crippen molar-refractivity contribution >= 4 is 33.9 Å². The molecule has 0 aliphatic heterocycles. The summed E-state index contributed by atoms with van der Waals surface area (Å²) in [6.45, 7) is 0. The predicted octanol–water partition coefficient (Wildman–Crippen LogP) is 2.80. The second-order valence-electron chi connectivity index (χ2n) is 3.28. The standard InChI is InChI=1S/C11H9ClN2OS/c12-8-3-1-7(2-4-8)10(15)5-9-6-16-11(13)14-9/h1-4,6H,5H2,(H2,13,14). The number of nitrogens with two attached hydrogens (primary N) is 1. The van der Waals surface area contributed by atoms with Crippen LogP contribution in [0.1, 0.15) is 16.1 Å². The maximum Gasteiger partial charge on any atom is 0.180 e. The average Bonchev–Trinajstić information content (AvgIpc) is 2.65. The largest absolute Gasteiger partial charge is 0.375 e. The smallest absolute Gasteiger partial charge is 0.180 e. The number of anilines is 1. The Kier molecular flexibility index (Phi) is 3.22. The van der Waals surface area contributed by atoms with E-state index in [1.54, 1.807) is 29.6 Å². The van der Waals surface area contributed by atoms with Gasteiger partial charge < -0.3 is 5.73 Å². The molecule has 2 rings (SSSR count). The molecule has 0 amide bonds. The lowest BCUT2D eigenvalue weighted by Crippen LogP contribution is -2.03. The van der Waals surface area contributed by atoms with E-state index in [-0.39, 0.29) is 12.2 Å². The Labute approximate surface area is 102 Å². The first-order valence-corrected chi connectivity index (χ1v) is 5.89. The number of Topliss-reactive ketones (excluding diaryl/α,β-unsaturated/α-hetero) is 1. The van der Waals surface area contributed by atoms with Crippen molar-refractivity contribution in [1.29, 1.82) is 0 Å². The van der Waals surface area contributed by atoms with Gasteiger partial charge in [-0.15, -0.1) is 11.3 Å². The Morgan fingerprint density at radius 1 is 1.38 bits per heavy atom. The zero-order valence-electron chi connectivity index (χ0n) is 8.31. The van der Waals surface area contributed by atoms with Crippen molar-refractivity contribution in [3.05, 3.63) is 45.9 Å². The molecule has 0 spiro atoms. The van der Waals surface area contributed by atoms with Gasteiger partial charge in [-0.05, 0) is 24.3 Å². The number of carbonyl (C=O) groups excluding carboxylic acids is 1. The zero-order chi connectivity index (χ0) is 11.5. The van der Waals surface area contributed by atoms with E-state index >= 15 is 0 Å². The van der Waals surface area contributed by atoms with Gasteiger partial charge in [0.15, 0.2) is 10.9 Å². The number of rotatable bonds is 3. The number of aromatic nitrogens is 1. The average molecular weight is 253 g/mol. The van der Waals surface area contributed by atoms with Crippen molar-refractivity contribution in [2.24, 2.45) is 0 Å². The van der Waals surface area contributed by atoms with Crippen LogP contribution in [0.4, 0.5) is 5.13 Å². The van der Waals surface area contributed by atoms with Gasteiger partial charge in [-0.25, -0.2) is 4.98 Å². The quantitative estimate of drug-likeness (QED) is 0.855. The van der Waals surface area contributed by atoms with E-state index < -0.39 is 0 Å². The highest BCUT2D eigenvalue weighted by molar-refractivity contribution is 7.13. The van der Waals surface area contributed by atoms with Gasteiger partial charge in [0.2, 0.25) is 0 Å². The van der Waals surface area contributed by atoms with Crippen molar-refractivity contribution in [3.63, 3.8) is 0 Å². The van der Waals surface area contributed by atoms with Gasteiger partial charge in [0.25, 0.3) is 0 Å². The summed E-state index contributed by atoms with van der Waals surface area (Å²) >= 11 is 7.08. The minimum atomic E-state index is 0.0157. The molecular weight excluding hydrogens is 244 g/mol. The number of hydrogen-bond acceptors (Lipinski definition) is 4. The first-order valence-electron chi connectivity index (χ1n) is 4.64. The molecule has 1 aromatic carbocycles. The summed E-state index contributed by atoms with van der Waals surface area (Å²) in [6.07, 6.45) is 0.273. The van der Waals surface area contributed by atoms with Gasteiger partial charge in [0, 0.05) is 16.0 Å². The number of ketones is 1. The third kappa shape index (κ3) is 2.59. The fourth-order valence-electron chi connectivity index (χ4n) is 1.31. The summed E-state index contributed by atoms with van der Waals surface area (Å²) in [7, 11) is 0. The van der Waals surface area contributed by atoms with Gasteiger partial charge in [0.05, 0.1) is 12.1 Å². The maximum absolute atomic E-state index is 11.8. The van der Waals surface area contributed by atoms with E-state index in [1.807, 2.05) is 0 Å². The summed E-state index contributed by atoms with van der Waals surface area (Å²) in [4.78, 5) is 15.9. The van der Waals surface area contributed by atoms with E-state index in [9.17, 15) is 4.79 Å². The molecule has 5 heteroatoms. The molecule has 16 heavy (non-hydrogen) atoms. The van der Waals surface area contributed by atoms with Crippen molar-refractivity contribution in [1.82, 2.24) is 4.98 Å². The van der Waals surface area contributed by atoms with Gasteiger partial charge >= 0.3 is 0 Å². The number of hydrogen-bond donors (Lipinski definition) is 1. The van der Waals surface area contributed by atoms with Crippen LogP contribution in [0.15, 0.2) is 29.6 Å². The van der Waals surface area contributed by atoms with Crippen LogP contribution in [0, 0.1) is 0 Å². The van der Waals surface area contributed by atoms with Gasteiger partial charge in [-0.2, -0.15) is 0 Å². The van der Waals surface area contributed by atoms with Crippen molar-refractivity contribution in [2.45, 2.75) is 6.42 Å². The number of carbonyl (C=O) groups is 1. The third-order valence-electron chi connectivity index (χ3n) is 2.08. The molecular formula is C11H9ClN2OS. The van der Waals surface area contributed by atoms with E-state index in [0.717, 1.165) is 0 Å². The topological polar surface area (TPSA) is 56.0 Å². The summed E-state index contributed by atoms with van der Waals surface area (Å²) < 4.78 is 0. The SMILES string of the molecule is Nc1nc(CC(=O)c2ccc(Cl)cc2)cs1. The highest BCUT2D eigenvalue weighted by Gasteiger charge is 2.09. The summed E-state index contributed by atoms with van der Waals surface area (Å²) in [6, 6.07) is 6.81. The fourth-order valence-corrected chi connectivity index (χ4v) is 1.99. The third-order valence-corrected chi connectivity index (χ3v) is 3.05. The molecule has 3 nitrogen and oxygen atoms in total. The highest BCUT2D eigenvalue weighted by atomic mass is 35.5. The minimum Gasteiger partial charge on any atom is -0.375 e. The van der Waals surface area contributed by atoms with Gasteiger partial charge in [0.1, 0.15) is 0 Å². The number of halogens is 1. The van der Waals surface area contributed by atoms with Crippen LogP contribution in [0.3, 0.4) is 0 Å². The molecule has 2 N–H and O–H groups in total. The Hall–Kier alpha value is -1.39. The van der Waals surface area contributed by atoms with Crippen LogP contribution >= 0.6 is 22.9 Å². The number of nitrogen functional groups attached to an aromatic ring is 1. The molecule has 0 atom stereocenters. The molecule has 0 saturated heterocycles. The molecule has 1 aromatic heterocycles. The lowest BCUT2D eigenvalue weighted by atomic mass is 10.1. The van der Waals surface area contributed by atoms with Gasteiger partial charge in [-0.3, -0.25) is 4.79 Å². The molecule has 0 saturated carbocycles. The monoisotopic (exact) mass is 252 g/mol. The Morgan fingerprint density at radius 2 is 2.06 bits per heavy atom. The van der Waals surface area contributed by atoms with Crippen LogP contribution < -0.4 is 5.73 Å². The molecule has 1 heterocycles. The Morgan fingerprint density at radius 3 is 2.62 bits per heavy atom. The Balaban J connectivity index is 2.11. The molecule has 82 valence electrons. The van der Waals surface area contributed by atoms with E-state index in [1.165, 1.54) is 11.3 Å². The van der Waals surface area contributed by atoms with Crippen molar-refractivity contribution in [2.75, 3.05) is 5.73 Å². The summed E-state index contributed by atoms with van der Waals surface area (Å²) in [5, 5.41) is 2.90. The second-order valence-corrected chi connectivity index (χ2v) is 4.61. The minimum absolute atomic E-state index is 0.0157. The molecule has 0 fully saturated rings. The van der Waals surface area contributed by atoms with Crippen LogP contribution in [-0.2, 0) is 6.42 Å². The number of thiazole rings is 1. The first-order chi connectivity index (χ1) is 7.65. The second kappa shape index (κ2) is 4.63. The van der Waals surface area contributed by atoms with Crippen LogP contribution in [0.25, 0.3) is 0 Å². The van der Waals surface area contributed by atoms with E-state index in [2.05, 4.69) is 4.98 Å². The first kappa shape index (κ1) is 11.1.